The standard InChI is InChI=1S/C15H33N3O/c1-5-6-16-7-8-18-9-10-19-15(13-18)12-17(4)11-14(2)3/h14-16H,5-13H2,1-4H3. The van der Waals surface area contributed by atoms with Crippen LogP contribution in [0.3, 0.4) is 0 Å². The Morgan fingerprint density at radius 3 is 2.84 bits per heavy atom. The molecule has 1 saturated heterocycles. The molecule has 114 valence electrons. The van der Waals surface area contributed by atoms with Gasteiger partial charge in [0.05, 0.1) is 12.7 Å². The van der Waals surface area contributed by atoms with E-state index in [2.05, 4.69) is 42.9 Å². The number of nitrogens with zero attached hydrogens (tertiary/aromatic N) is 2. The molecule has 4 heteroatoms. The Hall–Kier alpha value is -0.160. The molecule has 0 spiro atoms. The largest absolute Gasteiger partial charge is 0.374 e. The smallest absolute Gasteiger partial charge is 0.0829 e. The molecular formula is C15H33N3O. The van der Waals surface area contributed by atoms with Crippen molar-refractivity contribution in [3.8, 4) is 0 Å². The zero-order valence-electron chi connectivity index (χ0n) is 13.3. The summed E-state index contributed by atoms with van der Waals surface area (Å²) in [6.45, 7) is 15.4. The number of hydrogen-bond donors (Lipinski definition) is 1. The monoisotopic (exact) mass is 271 g/mol. The van der Waals surface area contributed by atoms with Gasteiger partial charge in [-0.05, 0) is 25.9 Å². The number of ether oxygens (including phenoxy) is 1. The lowest BCUT2D eigenvalue weighted by atomic mass is 10.2. The van der Waals surface area contributed by atoms with Crippen LogP contribution < -0.4 is 5.32 Å². The lowest BCUT2D eigenvalue weighted by molar-refractivity contribution is -0.0408. The van der Waals surface area contributed by atoms with Crippen LogP contribution in [0, 0.1) is 5.92 Å². The van der Waals surface area contributed by atoms with Gasteiger partial charge in [0.2, 0.25) is 0 Å². The van der Waals surface area contributed by atoms with Gasteiger partial charge in [0, 0.05) is 39.3 Å². The van der Waals surface area contributed by atoms with Crippen molar-refractivity contribution in [3.63, 3.8) is 0 Å². The van der Waals surface area contributed by atoms with E-state index in [4.69, 9.17) is 4.74 Å². The summed E-state index contributed by atoms with van der Waals surface area (Å²) < 4.78 is 5.88. The van der Waals surface area contributed by atoms with Gasteiger partial charge >= 0.3 is 0 Å². The van der Waals surface area contributed by atoms with Crippen LogP contribution in [0.1, 0.15) is 27.2 Å². The lowest BCUT2D eigenvalue weighted by Gasteiger charge is -2.35. The SMILES string of the molecule is CCCNCCN1CCOC(CN(C)CC(C)C)C1. The van der Waals surface area contributed by atoms with E-state index in [1.165, 1.54) is 6.42 Å². The highest BCUT2D eigenvalue weighted by molar-refractivity contribution is 4.74. The number of likely N-dealkylation sites (N-methyl/N-ethyl adjacent to an activating group) is 1. The van der Waals surface area contributed by atoms with Gasteiger partial charge in [-0.2, -0.15) is 0 Å². The fraction of sp³-hybridized carbons (Fsp3) is 1.00. The molecule has 0 saturated carbocycles. The van der Waals surface area contributed by atoms with Crippen molar-refractivity contribution in [2.75, 3.05) is 59.5 Å². The second-order valence-electron chi connectivity index (χ2n) is 6.16. The third-order valence-electron chi connectivity index (χ3n) is 3.45. The van der Waals surface area contributed by atoms with Gasteiger partial charge in [-0.25, -0.2) is 0 Å². The summed E-state index contributed by atoms with van der Waals surface area (Å²) in [7, 11) is 2.20. The fourth-order valence-corrected chi connectivity index (χ4v) is 2.68. The molecule has 4 nitrogen and oxygen atoms in total. The maximum Gasteiger partial charge on any atom is 0.0829 e. The normalized spacial score (nSPS) is 21.5. The predicted octanol–water partition coefficient (Wildman–Crippen LogP) is 1.27. The van der Waals surface area contributed by atoms with E-state index in [0.717, 1.165) is 58.3 Å². The molecule has 1 rings (SSSR count). The summed E-state index contributed by atoms with van der Waals surface area (Å²) in [6.07, 6.45) is 1.59. The summed E-state index contributed by atoms with van der Waals surface area (Å²) in [5, 5.41) is 3.47. The molecule has 0 aromatic rings. The fourth-order valence-electron chi connectivity index (χ4n) is 2.68. The lowest BCUT2D eigenvalue weighted by Crippen LogP contribution is -2.48. The maximum atomic E-state index is 5.88. The second kappa shape index (κ2) is 9.70. The summed E-state index contributed by atoms with van der Waals surface area (Å²) >= 11 is 0. The van der Waals surface area contributed by atoms with E-state index in [-0.39, 0.29) is 0 Å². The molecule has 0 aromatic carbocycles. The highest BCUT2D eigenvalue weighted by Gasteiger charge is 2.21. The third-order valence-corrected chi connectivity index (χ3v) is 3.45. The highest BCUT2D eigenvalue weighted by Crippen LogP contribution is 2.07. The molecular weight excluding hydrogens is 238 g/mol. The number of nitrogens with one attached hydrogen (secondary N) is 1. The average molecular weight is 271 g/mol. The van der Waals surface area contributed by atoms with Gasteiger partial charge in [-0.15, -0.1) is 0 Å². The van der Waals surface area contributed by atoms with Crippen molar-refractivity contribution in [2.24, 2.45) is 5.92 Å². The topological polar surface area (TPSA) is 27.7 Å². The third kappa shape index (κ3) is 7.88. The first-order chi connectivity index (χ1) is 9.11. The highest BCUT2D eigenvalue weighted by atomic mass is 16.5. The predicted molar refractivity (Wildman–Crippen MR) is 81.7 cm³/mol. The van der Waals surface area contributed by atoms with Crippen LogP contribution in [0.5, 0.6) is 0 Å². The number of rotatable bonds is 9. The Morgan fingerprint density at radius 2 is 2.16 bits per heavy atom. The minimum Gasteiger partial charge on any atom is -0.374 e. The maximum absolute atomic E-state index is 5.88. The van der Waals surface area contributed by atoms with Gasteiger partial charge < -0.3 is 15.0 Å². The second-order valence-corrected chi connectivity index (χ2v) is 6.16. The van der Waals surface area contributed by atoms with Gasteiger partial charge in [0.15, 0.2) is 0 Å². The Bertz CT molecular complexity index is 223. The van der Waals surface area contributed by atoms with E-state index in [1.54, 1.807) is 0 Å². The summed E-state index contributed by atoms with van der Waals surface area (Å²) in [6, 6.07) is 0. The van der Waals surface area contributed by atoms with Crippen molar-refractivity contribution in [1.82, 2.24) is 15.1 Å². The molecule has 1 unspecified atom stereocenters. The molecule has 1 aliphatic rings. The quantitative estimate of drug-likeness (QED) is 0.639. The minimum atomic E-state index is 0.378. The number of hydrogen-bond acceptors (Lipinski definition) is 4. The van der Waals surface area contributed by atoms with Crippen LogP contribution in [0.25, 0.3) is 0 Å². The van der Waals surface area contributed by atoms with E-state index in [9.17, 15) is 0 Å². The molecule has 1 fully saturated rings. The summed E-state index contributed by atoms with van der Waals surface area (Å²) in [5.74, 6) is 0.725. The Morgan fingerprint density at radius 1 is 1.37 bits per heavy atom. The molecule has 1 N–H and O–H groups in total. The van der Waals surface area contributed by atoms with E-state index < -0.39 is 0 Å². The van der Waals surface area contributed by atoms with Gasteiger partial charge in [0.25, 0.3) is 0 Å². The van der Waals surface area contributed by atoms with E-state index in [0.29, 0.717) is 6.10 Å². The number of morpholine rings is 1. The van der Waals surface area contributed by atoms with E-state index >= 15 is 0 Å². The van der Waals surface area contributed by atoms with Gasteiger partial charge in [0.1, 0.15) is 0 Å². The minimum absolute atomic E-state index is 0.378. The molecule has 0 radical (unpaired) electrons. The van der Waals surface area contributed by atoms with Crippen LogP contribution in [0.4, 0.5) is 0 Å². The van der Waals surface area contributed by atoms with Crippen LogP contribution in [-0.2, 0) is 4.74 Å². The average Bonchev–Trinajstić information content (AvgIpc) is 2.34. The van der Waals surface area contributed by atoms with Crippen molar-refractivity contribution in [2.45, 2.75) is 33.3 Å². The Balaban J connectivity index is 2.18. The molecule has 1 aliphatic heterocycles. The molecule has 0 aromatic heterocycles. The molecule has 0 amide bonds. The van der Waals surface area contributed by atoms with Crippen LogP contribution in [0.2, 0.25) is 0 Å². The molecule has 19 heavy (non-hydrogen) atoms. The Labute approximate surface area is 119 Å². The molecule has 1 atom stereocenters. The first kappa shape index (κ1) is 16.9. The zero-order chi connectivity index (χ0) is 14.1. The van der Waals surface area contributed by atoms with Gasteiger partial charge in [-0.3, -0.25) is 4.90 Å². The summed E-state index contributed by atoms with van der Waals surface area (Å²) in [4.78, 5) is 4.92. The van der Waals surface area contributed by atoms with Crippen molar-refractivity contribution in [1.29, 1.82) is 0 Å². The molecule has 1 heterocycles. The van der Waals surface area contributed by atoms with E-state index in [1.807, 2.05) is 0 Å². The first-order valence-electron chi connectivity index (χ1n) is 7.85. The van der Waals surface area contributed by atoms with Gasteiger partial charge in [-0.1, -0.05) is 20.8 Å². The Kier molecular flexibility index (Phi) is 8.62. The first-order valence-corrected chi connectivity index (χ1v) is 7.85. The van der Waals surface area contributed by atoms with Crippen molar-refractivity contribution in [3.05, 3.63) is 0 Å². The van der Waals surface area contributed by atoms with Crippen LogP contribution in [0.15, 0.2) is 0 Å². The van der Waals surface area contributed by atoms with Crippen molar-refractivity contribution >= 4 is 0 Å². The summed E-state index contributed by atoms with van der Waals surface area (Å²) in [5.41, 5.74) is 0. The molecule has 0 bridgehead atoms. The zero-order valence-corrected chi connectivity index (χ0v) is 13.3. The molecule has 0 aliphatic carbocycles. The van der Waals surface area contributed by atoms with Crippen LogP contribution in [-0.4, -0.2) is 75.4 Å². The van der Waals surface area contributed by atoms with Crippen molar-refractivity contribution < 1.29 is 4.74 Å². The van der Waals surface area contributed by atoms with Crippen LogP contribution >= 0.6 is 0 Å².